The Morgan fingerprint density at radius 3 is 2.67 bits per heavy atom. The number of benzene rings is 1. The number of sulfonamides is 1. The van der Waals surface area contributed by atoms with Gasteiger partial charge < -0.3 is 5.11 Å². The fourth-order valence-corrected chi connectivity index (χ4v) is 6.22. The smallest absolute Gasteiger partial charge is 0.214 e. The highest BCUT2D eigenvalue weighted by Gasteiger charge is 2.63. The molecule has 3 fully saturated rings. The van der Waals surface area contributed by atoms with Gasteiger partial charge >= 0.3 is 0 Å². The van der Waals surface area contributed by atoms with Gasteiger partial charge in [-0.3, -0.25) is 5.10 Å². The number of hydrogen-bond donors (Lipinski definition) is 3. The molecule has 0 aliphatic heterocycles. The Bertz CT molecular complexity index is 925. The molecule has 0 bridgehead atoms. The third-order valence-electron chi connectivity index (χ3n) is 5.76. The first-order valence-electron chi connectivity index (χ1n) is 8.24. The van der Waals surface area contributed by atoms with Crippen LogP contribution in [0.25, 0.3) is 10.9 Å². The van der Waals surface area contributed by atoms with Gasteiger partial charge in [0.2, 0.25) is 10.0 Å². The highest BCUT2D eigenvalue weighted by Crippen LogP contribution is 2.60. The predicted octanol–water partition coefficient (Wildman–Crippen LogP) is 1.89. The van der Waals surface area contributed by atoms with Crippen molar-refractivity contribution in [1.29, 1.82) is 0 Å². The molecular weight excluding hydrogens is 350 g/mol. The molecule has 3 aliphatic carbocycles. The first-order valence-corrected chi connectivity index (χ1v) is 10.2. The second-order valence-corrected chi connectivity index (χ2v) is 9.87. The molecule has 128 valence electrons. The molecule has 0 saturated heterocycles. The Morgan fingerprint density at radius 2 is 2.00 bits per heavy atom. The number of hydrogen-bond acceptors (Lipinski definition) is 4. The summed E-state index contributed by atoms with van der Waals surface area (Å²) in [5.74, 6) is 0.390. The topological polar surface area (TPSA) is 95.1 Å². The summed E-state index contributed by atoms with van der Waals surface area (Å²) in [4.78, 5) is 0. The summed E-state index contributed by atoms with van der Waals surface area (Å²) in [6, 6.07) is 3.58. The fraction of sp³-hybridized carbons (Fsp3) is 0.562. The van der Waals surface area contributed by atoms with Crippen molar-refractivity contribution in [3.63, 3.8) is 0 Å². The molecule has 2 atom stereocenters. The van der Waals surface area contributed by atoms with Crippen LogP contribution in [0.15, 0.2) is 18.3 Å². The molecule has 3 N–H and O–H groups in total. The first kappa shape index (κ1) is 15.1. The molecule has 0 radical (unpaired) electrons. The summed E-state index contributed by atoms with van der Waals surface area (Å²) in [5.41, 5.74) is 0.587. The van der Waals surface area contributed by atoms with Crippen molar-refractivity contribution >= 4 is 32.5 Å². The van der Waals surface area contributed by atoms with Crippen LogP contribution in [-0.4, -0.2) is 35.0 Å². The molecule has 0 spiro atoms. The summed E-state index contributed by atoms with van der Waals surface area (Å²) in [5, 5.41) is 19.4. The largest absolute Gasteiger partial charge is 0.385 e. The number of fused-ring (bicyclic) bond motifs is 2. The van der Waals surface area contributed by atoms with Crippen LogP contribution < -0.4 is 4.72 Å². The Morgan fingerprint density at radius 1 is 1.29 bits per heavy atom. The van der Waals surface area contributed by atoms with Gasteiger partial charge in [-0.2, -0.15) is 5.10 Å². The van der Waals surface area contributed by atoms with E-state index < -0.39 is 15.6 Å². The molecule has 2 aromatic rings. The van der Waals surface area contributed by atoms with E-state index in [1.165, 1.54) is 0 Å². The maximum absolute atomic E-state index is 12.1. The highest BCUT2D eigenvalue weighted by molar-refractivity contribution is 7.90. The van der Waals surface area contributed by atoms with Crippen molar-refractivity contribution in [2.45, 2.75) is 42.6 Å². The predicted molar refractivity (Wildman–Crippen MR) is 90.1 cm³/mol. The quantitative estimate of drug-likeness (QED) is 0.769. The number of H-pyrrole nitrogens is 1. The van der Waals surface area contributed by atoms with Gasteiger partial charge in [-0.15, -0.1) is 0 Å². The summed E-state index contributed by atoms with van der Waals surface area (Å²) < 4.78 is 27.0. The Kier molecular flexibility index (Phi) is 2.98. The van der Waals surface area contributed by atoms with Gasteiger partial charge in [-0.25, -0.2) is 13.1 Å². The van der Waals surface area contributed by atoms with E-state index in [0.29, 0.717) is 17.9 Å². The zero-order chi connectivity index (χ0) is 16.7. The fourth-order valence-electron chi connectivity index (χ4n) is 4.31. The van der Waals surface area contributed by atoms with E-state index >= 15 is 0 Å². The highest BCUT2D eigenvalue weighted by atomic mass is 35.5. The first-order chi connectivity index (χ1) is 11.4. The van der Waals surface area contributed by atoms with Crippen molar-refractivity contribution in [2.24, 2.45) is 11.8 Å². The normalized spacial score (nSPS) is 35.3. The number of nitrogens with one attached hydrogen (secondary N) is 2. The Balaban J connectivity index is 1.39. The van der Waals surface area contributed by atoms with Crippen molar-refractivity contribution in [1.82, 2.24) is 14.9 Å². The minimum absolute atomic E-state index is 0.0210. The lowest BCUT2D eigenvalue weighted by molar-refractivity contribution is 0.0302. The third kappa shape index (κ3) is 2.22. The van der Waals surface area contributed by atoms with E-state index in [1.54, 1.807) is 12.3 Å². The molecule has 0 amide bonds. The minimum Gasteiger partial charge on any atom is -0.385 e. The number of aromatic nitrogens is 2. The minimum atomic E-state index is -3.17. The number of rotatable bonds is 4. The van der Waals surface area contributed by atoms with Gasteiger partial charge in [0.25, 0.3) is 0 Å². The second kappa shape index (κ2) is 4.72. The molecule has 5 rings (SSSR count). The van der Waals surface area contributed by atoms with Crippen molar-refractivity contribution in [2.75, 3.05) is 0 Å². The van der Waals surface area contributed by atoms with E-state index in [4.69, 9.17) is 11.6 Å². The second-order valence-electron chi connectivity index (χ2n) is 7.44. The third-order valence-corrected chi connectivity index (χ3v) is 7.92. The SMILES string of the molecule is O=S(=O)(NC1C2CC(O)(c3cc(Cl)cc4cn[nH]c34)CC21)C1CC1. The molecule has 1 heterocycles. The van der Waals surface area contributed by atoms with Crippen LogP contribution in [0.1, 0.15) is 31.2 Å². The van der Waals surface area contributed by atoms with Crippen molar-refractivity contribution in [3.8, 4) is 0 Å². The molecule has 6 nitrogen and oxygen atoms in total. The maximum atomic E-state index is 12.1. The molecule has 3 saturated carbocycles. The lowest BCUT2D eigenvalue weighted by Gasteiger charge is -2.27. The molecule has 24 heavy (non-hydrogen) atoms. The van der Waals surface area contributed by atoms with Crippen LogP contribution in [0.2, 0.25) is 5.02 Å². The Labute approximate surface area is 144 Å². The molecule has 1 aromatic carbocycles. The molecular formula is C16H18ClN3O3S. The van der Waals surface area contributed by atoms with E-state index in [1.807, 2.05) is 6.07 Å². The summed E-state index contributed by atoms with van der Waals surface area (Å²) in [6.07, 6.45) is 4.31. The molecule has 3 aliphatic rings. The monoisotopic (exact) mass is 367 g/mol. The average molecular weight is 368 g/mol. The number of halogens is 1. The number of aromatic amines is 1. The summed E-state index contributed by atoms with van der Waals surface area (Å²) in [7, 11) is -3.17. The van der Waals surface area contributed by atoms with Crippen LogP contribution in [0.4, 0.5) is 0 Å². The van der Waals surface area contributed by atoms with E-state index in [0.717, 1.165) is 29.3 Å². The average Bonchev–Trinajstić information content (AvgIpc) is 3.37. The lowest BCUT2D eigenvalue weighted by atomic mass is 9.87. The van der Waals surface area contributed by atoms with Gasteiger partial charge in [0.1, 0.15) is 0 Å². The maximum Gasteiger partial charge on any atom is 0.214 e. The Hall–Kier alpha value is -1.15. The molecule has 8 heteroatoms. The van der Waals surface area contributed by atoms with Gasteiger partial charge in [0.15, 0.2) is 0 Å². The molecule has 2 unspecified atom stereocenters. The lowest BCUT2D eigenvalue weighted by Crippen LogP contribution is -2.35. The van der Waals surface area contributed by atoms with E-state index in [-0.39, 0.29) is 23.1 Å². The van der Waals surface area contributed by atoms with E-state index in [2.05, 4.69) is 14.9 Å². The molecule has 1 aromatic heterocycles. The van der Waals surface area contributed by atoms with Crippen molar-refractivity contribution < 1.29 is 13.5 Å². The van der Waals surface area contributed by atoms with Gasteiger partial charge in [0, 0.05) is 22.0 Å². The van der Waals surface area contributed by atoms with Gasteiger partial charge in [0.05, 0.1) is 22.6 Å². The van der Waals surface area contributed by atoms with Crippen LogP contribution in [0.3, 0.4) is 0 Å². The number of aliphatic hydroxyl groups is 1. The summed E-state index contributed by atoms with van der Waals surface area (Å²) in [6.45, 7) is 0. The zero-order valence-electron chi connectivity index (χ0n) is 12.9. The standard InChI is InChI=1S/C16H18ClN3O3S/c17-9-3-8-7-18-19-14(8)13(4-9)16(21)5-11-12(6-16)15(11)20-24(22,23)10-1-2-10/h3-4,7,10-12,15,20-21H,1-2,5-6H2,(H,18,19). The number of nitrogens with zero attached hydrogens (tertiary/aromatic N) is 1. The van der Waals surface area contributed by atoms with Gasteiger partial charge in [-0.05, 0) is 49.7 Å². The van der Waals surface area contributed by atoms with Crippen molar-refractivity contribution in [3.05, 3.63) is 28.9 Å². The van der Waals surface area contributed by atoms with Crippen LogP contribution in [0, 0.1) is 11.8 Å². The van der Waals surface area contributed by atoms with Crippen LogP contribution in [0.5, 0.6) is 0 Å². The van der Waals surface area contributed by atoms with E-state index in [9.17, 15) is 13.5 Å². The zero-order valence-corrected chi connectivity index (χ0v) is 14.4. The summed E-state index contributed by atoms with van der Waals surface area (Å²) >= 11 is 6.18. The van der Waals surface area contributed by atoms with Gasteiger partial charge in [-0.1, -0.05) is 11.6 Å². The van der Waals surface area contributed by atoms with Crippen LogP contribution in [-0.2, 0) is 15.6 Å². The van der Waals surface area contributed by atoms with Crippen LogP contribution >= 0.6 is 11.6 Å².